The summed E-state index contributed by atoms with van der Waals surface area (Å²) in [4.78, 5) is 17.7. The molecule has 1 aliphatic rings. The van der Waals surface area contributed by atoms with Crippen LogP contribution in [0.2, 0.25) is 0 Å². The van der Waals surface area contributed by atoms with Crippen LogP contribution in [0.1, 0.15) is 46.3 Å². The van der Waals surface area contributed by atoms with E-state index in [1.807, 2.05) is 12.1 Å². The number of fused-ring (bicyclic) bond motifs is 1. The van der Waals surface area contributed by atoms with E-state index < -0.39 is 0 Å². The average Bonchev–Trinajstić information content (AvgIpc) is 3.06. The highest BCUT2D eigenvalue weighted by molar-refractivity contribution is 6.06. The second-order valence-electron chi connectivity index (χ2n) is 7.68. The number of amides is 1. The van der Waals surface area contributed by atoms with Crippen molar-refractivity contribution in [1.82, 2.24) is 9.88 Å². The lowest BCUT2D eigenvalue weighted by atomic mass is 9.60. The van der Waals surface area contributed by atoms with Gasteiger partial charge >= 0.3 is 0 Å². The molecule has 1 fully saturated rings. The van der Waals surface area contributed by atoms with Gasteiger partial charge in [0.1, 0.15) is 0 Å². The molecule has 0 atom stereocenters. The van der Waals surface area contributed by atoms with Gasteiger partial charge in [-0.05, 0) is 37.0 Å². The van der Waals surface area contributed by atoms with Gasteiger partial charge in [0.15, 0.2) is 0 Å². The molecule has 0 bridgehead atoms. The molecule has 0 saturated heterocycles. The smallest absolute Gasteiger partial charge is 0.255 e. The fourth-order valence-electron chi connectivity index (χ4n) is 4.30. The molecule has 0 aliphatic heterocycles. The first-order chi connectivity index (χ1) is 13.1. The maximum Gasteiger partial charge on any atom is 0.255 e. The second kappa shape index (κ2) is 6.86. The van der Waals surface area contributed by atoms with Crippen molar-refractivity contribution >= 4 is 16.8 Å². The van der Waals surface area contributed by atoms with Crippen LogP contribution in [-0.2, 0) is 5.41 Å². The van der Waals surface area contributed by atoms with Crippen LogP contribution in [-0.4, -0.2) is 41.1 Å². The number of aliphatic hydroxyl groups is 1. The van der Waals surface area contributed by atoms with E-state index in [1.54, 1.807) is 11.9 Å². The molecule has 1 aromatic heterocycles. The number of H-pyrrole nitrogens is 1. The molecule has 4 heteroatoms. The number of para-hydroxylation sites is 1. The molecule has 0 spiro atoms. The van der Waals surface area contributed by atoms with Crippen LogP contribution < -0.4 is 0 Å². The minimum Gasteiger partial charge on any atom is -0.395 e. The van der Waals surface area contributed by atoms with Crippen molar-refractivity contribution in [3.63, 3.8) is 0 Å². The largest absolute Gasteiger partial charge is 0.395 e. The zero-order chi connectivity index (χ0) is 19.0. The Bertz CT molecular complexity index is 968. The van der Waals surface area contributed by atoms with Gasteiger partial charge in [0.25, 0.3) is 5.91 Å². The Hall–Kier alpha value is -2.59. The number of nitrogens with one attached hydrogen (secondary N) is 1. The van der Waals surface area contributed by atoms with Crippen molar-refractivity contribution in [3.8, 4) is 0 Å². The maximum atomic E-state index is 12.8. The molecular weight excluding hydrogens is 336 g/mol. The quantitative estimate of drug-likeness (QED) is 0.720. The minimum absolute atomic E-state index is 0.0324. The van der Waals surface area contributed by atoms with Gasteiger partial charge in [-0.25, -0.2) is 0 Å². The lowest BCUT2D eigenvalue weighted by molar-refractivity contribution is 0.0768. The molecule has 4 nitrogen and oxygen atoms in total. The Kier molecular flexibility index (Phi) is 4.52. The number of aliphatic hydroxyl groups excluding tert-OH is 1. The SMILES string of the molecule is Cc1ccc(C2(c3c[nH]c4c(C(=O)N(C)CCO)cccc34)CCC2)cc1. The predicted molar refractivity (Wildman–Crippen MR) is 108 cm³/mol. The van der Waals surface area contributed by atoms with Crippen LogP contribution in [0.25, 0.3) is 10.9 Å². The van der Waals surface area contributed by atoms with Crippen molar-refractivity contribution in [1.29, 1.82) is 0 Å². The summed E-state index contributed by atoms with van der Waals surface area (Å²) in [5, 5.41) is 10.3. The number of carbonyl (C=O) groups is 1. The summed E-state index contributed by atoms with van der Waals surface area (Å²) in [6.07, 6.45) is 5.57. The molecule has 27 heavy (non-hydrogen) atoms. The summed E-state index contributed by atoms with van der Waals surface area (Å²) >= 11 is 0. The topological polar surface area (TPSA) is 56.3 Å². The number of likely N-dealkylation sites (N-methyl/N-ethyl adjacent to an activating group) is 1. The van der Waals surface area contributed by atoms with Gasteiger partial charge in [-0.3, -0.25) is 4.79 Å². The third kappa shape index (κ3) is 2.85. The molecule has 0 radical (unpaired) electrons. The highest BCUT2D eigenvalue weighted by Gasteiger charge is 2.42. The van der Waals surface area contributed by atoms with E-state index in [0.717, 1.165) is 23.7 Å². The molecular formula is C23H26N2O2. The summed E-state index contributed by atoms with van der Waals surface area (Å²) in [6, 6.07) is 14.8. The van der Waals surface area contributed by atoms with Crippen LogP contribution in [0, 0.1) is 6.92 Å². The lowest BCUT2D eigenvalue weighted by Gasteiger charge is -2.42. The number of aromatic amines is 1. The Morgan fingerprint density at radius 3 is 2.56 bits per heavy atom. The third-order valence-electron chi connectivity index (χ3n) is 6.05. The number of benzene rings is 2. The van der Waals surface area contributed by atoms with E-state index in [9.17, 15) is 4.79 Å². The normalized spacial score (nSPS) is 15.5. The van der Waals surface area contributed by atoms with Gasteiger partial charge in [-0.15, -0.1) is 0 Å². The minimum atomic E-state index is -0.0685. The van der Waals surface area contributed by atoms with Gasteiger partial charge in [0.05, 0.1) is 17.7 Å². The maximum absolute atomic E-state index is 12.8. The van der Waals surface area contributed by atoms with E-state index in [2.05, 4.69) is 48.4 Å². The number of aryl methyl sites for hydroxylation is 1. The third-order valence-corrected chi connectivity index (χ3v) is 6.05. The van der Waals surface area contributed by atoms with Crippen LogP contribution in [0.5, 0.6) is 0 Å². The van der Waals surface area contributed by atoms with E-state index in [4.69, 9.17) is 5.11 Å². The monoisotopic (exact) mass is 362 g/mol. The lowest BCUT2D eigenvalue weighted by Crippen LogP contribution is -2.35. The molecule has 1 amide bonds. The molecule has 4 rings (SSSR count). The van der Waals surface area contributed by atoms with Gasteiger partial charge < -0.3 is 15.0 Å². The molecule has 2 N–H and O–H groups in total. The summed E-state index contributed by atoms with van der Waals surface area (Å²) in [7, 11) is 1.72. The standard InChI is InChI=1S/C23H26N2O2/c1-16-7-9-17(10-8-16)23(11-4-12-23)20-15-24-21-18(20)5-3-6-19(21)22(27)25(2)13-14-26/h3,5-10,15,24,26H,4,11-14H2,1-2H3. The summed E-state index contributed by atoms with van der Waals surface area (Å²) in [5.41, 5.74) is 5.49. The van der Waals surface area contributed by atoms with Crippen LogP contribution in [0.15, 0.2) is 48.7 Å². The number of rotatable bonds is 5. The number of carbonyl (C=O) groups excluding carboxylic acids is 1. The van der Waals surface area contributed by atoms with Crippen LogP contribution in [0.3, 0.4) is 0 Å². The number of aromatic nitrogens is 1. The molecule has 1 aliphatic carbocycles. The van der Waals surface area contributed by atoms with E-state index >= 15 is 0 Å². The Morgan fingerprint density at radius 2 is 1.93 bits per heavy atom. The predicted octanol–water partition coefficient (Wildman–Crippen LogP) is 4.01. The second-order valence-corrected chi connectivity index (χ2v) is 7.68. The molecule has 3 aromatic rings. The molecule has 1 heterocycles. The van der Waals surface area contributed by atoms with E-state index in [1.165, 1.54) is 23.1 Å². The first-order valence-corrected chi connectivity index (χ1v) is 9.61. The zero-order valence-corrected chi connectivity index (χ0v) is 16.0. The van der Waals surface area contributed by atoms with Crippen LogP contribution in [0.4, 0.5) is 0 Å². The fourth-order valence-corrected chi connectivity index (χ4v) is 4.30. The van der Waals surface area contributed by atoms with Gasteiger partial charge in [-0.2, -0.15) is 0 Å². The van der Waals surface area contributed by atoms with Gasteiger partial charge in [0.2, 0.25) is 0 Å². The molecule has 2 aromatic carbocycles. The average molecular weight is 362 g/mol. The van der Waals surface area contributed by atoms with E-state index in [0.29, 0.717) is 12.1 Å². The number of hydrogen-bond donors (Lipinski definition) is 2. The highest BCUT2D eigenvalue weighted by Crippen LogP contribution is 2.51. The Labute approximate surface area is 159 Å². The Morgan fingerprint density at radius 1 is 1.19 bits per heavy atom. The summed E-state index contributed by atoms with van der Waals surface area (Å²) < 4.78 is 0. The van der Waals surface area contributed by atoms with E-state index in [-0.39, 0.29) is 17.9 Å². The summed E-state index contributed by atoms with van der Waals surface area (Å²) in [5.74, 6) is -0.0685. The summed E-state index contributed by atoms with van der Waals surface area (Å²) in [6.45, 7) is 2.41. The first-order valence-electron chi connectivity index (χ1n) is 9.61. The molecule has 0 unspecified atom stereocenters. The Balaban J connectivity index is 1.81. The van der Waals surface area contributed by atoms with Crippen molar-refractivity contribution in [2.45, 2.75) is 31.6 Å². The molecule has 1 saturated carbocycles. The first kappa shape index (κ1) is 17.8. The molecule has 140 valence electrons. The van der Waals surface area contributed by atoms with Gasteiger partial charge in [0, 0.05) is 30.6 Å². The van der Waals surface area contributed by atoms with Crippen molar-refractivity contribution in [3.05, 3.63) is 70.9 Å². The number of hydrogen-bond acceptors (Lipinski definition) is 2. The van der Waals surface area contributed by atoms with Crippen molar-refractivity contribution in [2.75, 3.05) is 20.2 Å². The fraction of sp³-hybridized carbons (Fsp3) is 0.348. The zero-order valence-electron chi connectivity index (χ0n) is 16.0. The van der Waals surface area contributed by atoms with Crippen LogP contribution >= 0.6 is 0 Å². The number of nitrogens with zero attached hydrogens (tertiary/aromatic N) is 1. The highest BCUT2D eigenvalue weighted by atomic mass is 16.3. The van der Waals surface area contributed by atoms with Crippen molar-refractivity contribution < 1.29 is 9.90 Å². The van der Waals surface area contributed by atoms with Gasteiger partial charge in [-0.1, -0.05) is 48.4 Å². The van der Waals surface area contributed by atoms with Crippen molar-refractivity contribution in [2.24, 2.45) is 0 Å².